The molecule has 0 aliphatic carbocycles. The Bertz CT molecular complexity index is 1540. The van der Waals surface area contributed by atoms with E-state index in [9.17, 15) is 43.5 Å². The molecule has 0 unspecified atom stereocenters. The first-order chi connectivity index (χ1) is 26.6. The van der Waals surface area contributed by atoms with Gasteiger partial charge in [0.2, 0.25) is 41.4 Å². The van der Waals surface area contributed by atoms with E-state index in [1.54, 1.807) is 0 Å². The number of carbonyl (C=O) groups excluding carboxylic acids is 8. The molecule has 6 atom stereocenters. The zero-order valence-electron chi connectivity index (χ0n) is 34.1. The first-order valence-electron chi connectivity index (χ1n) is 18.8. The summed E-state index contributed by atoms with van der Waals surface area (Å²) in [6.45, 7) is 12.2. The van der Waals surface area contributed by atoms with E-state index in [2.05, 4.69) is 52.2 Å². The summed E-state index contributed by atoms with van der Waals surface area (Å²) >= 11 is 0. The highest BCUT2D eigenvalue weighted by molar-refractivity contribution is 5.98. The topological polar surface area (TPSA) is 334 Å². The fraction of sp³-hybridized carbons (Fsp3) is 0.667. The van der Waals surface area contributed by atoms with Crippen molar-refractivity contribution in [1.29, 1.82) is 0 Å². The fourth-order valence-corrected chi connectivity index (χ4v) is 5.39. The number of H-pyrrole nitrogens is 1. The van der Waals surface area contributed by atoms with Crippen molar-refractivity contribution in [1.82, 2.24) is 47.2 Å². The summed E-state index contributed by atoms with van der Waals surface area (Å²) in [5.41, 5.74) is 9.45. The lowest BCUT2D eigenvalue weighted by Crippen LogP contribution is -2.63. The highest BCUT2D eigenvalue weighted by atomic mass is 16.3. The molecule has 7 amide bonds. The minimum Gasteiger partial charge on any atom is -0.394 e. The predicted octanol–water partition coefficient (Wildman–Crippen LogP) is -2.87. The van der Waals surface area contributed by atoms with Gasteiger partial charge in [-0.15, -0.1) is 0 Å². The molecule has 0 spiro atoms. The molecule has 57 heavy (non-hydrogen) atoms. The molecule has 1 aromatic rings. The number of guanidine groups is 1. The van der Waals surface area contributed by atoms with Crippen LogP contribution in [0.4, 0.5) is 0 Å². The van der Waals surface area contributed by atoms with Crippen molar-refractivity contribution >= 4 is 53.6 Å². The Labute approximate surface area is 332 Å². The fourth-order valence-electron chi connectivity index (χ4n) is 5.39. The van der Waals surface area contributed by atoms with Crippen molar-refractivity contribution in [2.24, 2.45) is 28.3 Å². The molecule has 0 bridgehead atoms. The lowest BCUT2D eigenvalue weighted by Gasteiger charge is -2.31. The molecular formula is C36H62N12O9. The summed E-state index contributed by atoms with van der Waals surface area (Å²) in [5.74, 6) is -5.25. The number of aromatic nitrogens is 2. The van der Waals surface area contributed by atoms with Crippen molar-refractivity contribution in [3.8, 4) is 0 Å². The van der Waals surface area contributed by atoms with Gasteiger partial charge in [-0.25, -0.2) is 4.98 Å². The van der Waals surface area contributed by atoms with Crippen LogP contribution in [0, 0.1) is 11.8 Å². The van der Waals surface area contributed by atoms with Gasteiger partial charge in [-0.3, -0.25) is 38.6 Å². The summed E-state index contributed by atoms with van der Waals surface area (Å²) in [7, 11) is 0. The maximum atomic E-state index is 13.8. The van der Waals surface area contributed by atoms with Crippen molar-refractivity contribution < 1.29 is 43.5 Å². The van der Waals surface area contributed by atoms with Gasteiger partial charge in [0.25, 0.3) is 0 Å². The molecule has 0 saturated carbocycles. The number of aliphatic imine (C=N–C) groups is 1. The summed E-state index contributed by atoms with van der Waals surface area (Å²) in [4.78, 5) is 114. The van der Waals surface area contributed by atoms with Gasteiger partial charge in [-0.2, -0.15) is 0 Å². The van der Waals surface area contributed by atoms with Crippen molar-refractivity contribution in [2.75, 3.05) is 13.2 Å². The molecule has 0 radical (unpaired) electrons. The van der Waals surface area contributed by atoms with Crippen LogP contribution < -0.4 is 48.7 Å². The highest BCUT2D eigenvalue weighted by Crippen LogP contribution is 2.12. The van der Waals surface area contributed by atoms with E-state index in [1.165, 1.54) is 33.3 Å². The van der Waals surface area contributed by atoms with Crippen LogP contribution in [0.5, 0.6) is 0 Å². The third kappa shape index (κ3) is 18.7. The molecule has 13 N–H and O–H groups in total. The number of rotatable bonds is 25. The lowest BCUT2D eigenvalue weighted by atomic mass is 9.97. The smallest absolute Gasteiger partial charge is 0.245 e. The molecule has 21 heteroatoms. The Hall–Kier alpha value is -5.60. The van der Waals surface area contributed by atoms with E-state index in [-0.39, 0.29) is 50.0 Å². The van der Waals surface area contributed by atoms with E-state index in [4.69, 9.17) is 11.5 Å². The van der Waals surface area contributed by atoms with Crippen LogP contribution in [0.15, 0.2) is 17.5 Å². The first-order valence-corrected chi connectivity index (χ1v) is 18.8. The van der Waals surface area contributed by atoms with Gasteiger partial charge in [-0.1, -0.05) is 27.7 Å². The van der Waals surface area contributed by atoms with E-state index < -0.39 is 89.7 Å². The normalized spacial score (nSPS) is 14.4. The monoisotopic (exact) mass is 806 g/mol. The maximum absolute atomic E-state index is 13.8. The van der Waals surface area contributed by atoms with Crippen molar-refractivity contribution in [3.05, 3.63) is 18.2 Å². The van der Waals surface area contributed by atoms with Gasteiger partial charge in [0.1, 0.15) is 42.0 Å². The molecule has 1 aromatic heterocycles. The number of carbonyl (C=O) groups is 8. The standard InChI is InChI=1S/C36H62N12O9/c1-19(2)12-25(30(53)42-21(5)29(52)44-23(16-49)10-9-11-40-35(37)38)47-34(57)36(7,8)48-33(56)26(13-20(3)4)45-31(54)27(14-24-15-39-18-41-24)46-32(55)28(17-50)43-22(6)51/h15-16,18-21,23,25-28,50H,9-14,17H2,1-8H3,(H,39,41)(H,42,53)(H,43,51)(H,44,52)(H,45,54)(H,46,55)(H,47,57)(H,48,56)(H4,37,38,40)/t21-,23-,25-,26-,27-,28-/m0/s1. The minimum atomic E-state index is -1.62. The largest absolute Gasteiger partial charge is 0.394 e. The molecule has 1 rings (SSSR count). The van der Waals surface area contributed by atoms with Crippen LogP contribution >= 0.6 is 0 Å². The molecule has 1 heterocycles. The Kier molecular flexibility index (Phi) is 20.9. The highest BCUT2D eigenvalue weighted by Gasteiger charge is 2.37. The van der Waals surface area contributed by atoms with Crippen LogP contribution in [0.1, 0.15) is 86.8 Å². The second kappa shape index (κ2) is 24.1. The Morgan fingerprint density at radius 3 is 1.88 bits per heavy atom. The summed E-state index contributed by atoms with van der Waals surface area (Å²) in [6.07, 6.45) is 4.28. The number of aromatic amines is 1. The summed E-state index contributed by atoms with van der Waals surface area (Å²) in [6, 6.07) is -6.86. The summed E-state index contributed by atoms with van der Waals surface area (Å²) in [5, 5.41) is 27.6. The van der Waals surface area contributed by atoms with Crippen molar-refractivity contribution in [3.63, 3.8) is 0 Å². The number of nitrogens with two attached hydrogens (primary N) is 2. The van der Waals surface area contributed by atoms with E-state index in [0.717, 1.165) is 6.92 Å². The molecule has 0 aromatic carbocycles. The number of imidazole rings is 1. The first kappa shape index (κ1) is 49.4. The lowest BCUT2D eigenvalue weighted by molar-refractivity contribution is -0.137. The van der Waals surface area contributed by atoms with Crippen molar-refractivity contribution in [2.45, 2.75) is 129 Å². The number of hydrogen-bond acceptors (Lipinski definition) is 11. The van der Waals surface area contributed by atoms with E-state index in [1.807, 2.05) is 27.7 Å². The number of amides is 7. The molecular weight excluding hydrogens is 744 g/mol. The number of hydrogen-bond donors (Lipinski definition) is 11. The molecule has 21 nitrogen and oxygen atoms in total. The minimum absolute atomic E-state index is 0.0840. The van der Waals surface area contributed by atoms with E-state index >= 15 is 0 Å². The number of aldehydes is 1. The zero-order chi connectivity index (χ0) is 43.5. The second-order valence-corrected chi connectivity index (χ2v) is 15.2. The molecule has 0 fully saturated rings. The third-order valence-electron chi connectivity index (χ3n) is 8.37. The Balaban J connectivity index is 3.11. The maximum Gasteiger partial charge on any atom is 0.245 e. The number of aliphatic hydroxyl groups excluding tert-OH is 1. The average Bonchev–Trinajstić information content (AvgIpc) is 3.63. The van der Waals surface area contributed by atoms with Gasteiger partial charge < -0.3 is 63.6 Å². The number of nitrogens with zero attached hydrogens (tertiary/aromatic N) is 2. The number of nitrogens with one attached hydrogen (secondary N) is 8. The van der Waals surface area contributed by atoms with Gasteiger partial charge in [-0.05, 0) is 58.3 Å². The third-order valence-corrected chi connectivity index (χ3v) is 8.37. The zero-order valence-corrected chi connectivity index (χ0v) is 34.1. The predicted molar refractivity (Wildman–Crippen MR) is 209 cm³/mol. The van der Waals surface area contributed by atoms with E-state index in [0.29, 0.717) is 18.4 Å². The SMILES string of the molecule is CC(=O)N[C@@H](CO)C(=O)N[C@@H](Cc1cnc[nH]1)C(=O)N[C@@H](CC(C)C)C(=O)NC(C)(C)C(=O)N[C@@H](CC(C)C)C(=O)N[C@@H](C)C(=O)N[C@H](C=O)CCCN=C(N)N. The van der Waals surface area contributed by atoms with Crippen LogP contribution in [0.2, 0.25) is 0 Å². The second-order valence-electron chi connectivity index (χ2n) is 15.2. The molecule has 0 aliphatic rings. The Morgan fingerprint density at radius 1 is 0.807 bits per heavy atom. The van der Waals surface area contributed by atoms with Crippen LogP contribution in [0.25, 0.3) is 0 Å². The van der Waals surface area contributed by atoms with Gasteiger partial charge in [0.05, 0.1) is 19.0 Å². The molecule has 320 valence electrons. The quantitative estimate of drug-likeness (QED) is 0.0206. The molecule has 0 saturated heterocycles. The van der Waals surface area contributed by atoms with Crippen LogP contribution in [0.3, 0.4) is 0 Å². The van der Waals surface area contributed by atoms with Gasteiger partial charge in [0.15, 0.2) is 5.96 Å². The van der Waals surface area contributed by atoms with Gasteiger partial charge in [0, 0.05) is 31.8 Å². The summed E-state index contributed by atoms with van der Waals surface area (Å²) < 4.78 is 0. The molecule has 0 aliphatic heterocycles. The average molecular weight is 807 g/mol. The van der Waals surface area contributed by atoms with Crippen LogP contribution in [-0.2, 0) is 44.8 Å². The number of aliphatic hydroxyl groups is 1. The van der Waals surface area contributed by atoms with Gasteiger partial charge >= 0.3 is 0 Å². The Morgan fingerprint density at radius 2 is 1.37 bits per heavy atom. The van der Waals surface area contributed by atoms with Crippen LogP contribution in [-0.4, -0.2) is 124 Å².